The highest BCUT2D eigenvalue weighted by atomic mass is 79.9. The highest BCUT2D eigenvalue weighted by molar-refractivity contribution is 9.10. The minimum atomic E-state index is -0.213. The molecule has 0 fully saturated rings. The molecule has 1 aliphatic rings. The molecule has 1 rings (SSSR count). The van der Waals surface area contributed by atoms with Crippen molar-refractivity contribution in [3.05, 3.63) is 36.0 Å². The Bertz CT molecular complexity index is 443. The average Bonchev–Trinajstić information content (AvgIpc) is 2.41. The fourth-order valence-corrected chi connectivity index (χ4v) is 3.19. The smallest absolute Gasteiger partial charge is 0.180 e. The summed E-state index contributed by atoms with van der Waals surface area (Å²) in [5.41, 5.74) is 7.67. The van der Waals surface area contributed by atoms with Crippen molar-refractivity contribution in [1.82, 2.24) is 0 Å². The molecular weight excluding hydrogens is 326 g/mol. The first kappa shape index (κ1) is 18.4. The zero-order valence-electron chi connectivity index (χ0n) is 13.5. The Balaban J connectivity index is 2.71. The van der Waals surface area contributed by atoms with Crippen LogP contribution in [0.3, 0.4) is 0 Å². The van der Waals surface area contributed by atoms with Crippen LogP contribution in [0, 0.1) is 5.92 Å². The van der Waals surface area contributed by atoms with Crippen LogP contribution in [0.1, 0.15) is 52.9 Å². The van der Waals surface area contributed by atoms with Crippen molar-refractivity contribution in [2.45, 2.75) is 63.2 Å². The molecule has 0 saturated carbocycles. The fourth-order valence-electron chi connectivity index (χ4n) is 2.55. The van der Waals surface area contributed by atoms with Crippen molar-refractivity contribution in [2.75, 3.05) is 0 Å². The number of rotatable bonds is 7. The number of hydrogen-bond donors (Lipinski definition) is 1. The number of hydrogen-bond acceptors (Lipinski definition) is 2. The molecule has 118 valence electrons. The summed E-state index contributed by atoms with van der Waals surface area (Å²) in [6.07, 6.45) is 10.8. The number of ketones is 1. The molecule has 2 N–H and O–H groups in total. The third-order valence-electron chi connectivity index (χ3n) is 3.86. The maximum Gasteiger partial charge on any atom is 0.180 e. The number of alkyl halides is 1. The predicted octanol–water partition coefficient (Wildman–Crippen LogP) is 4.70. The molecule has 0 amide bonds. The monoisotopic (exact) mass is 353 g/mol. The van der Waals surface area contributed by atoms with Crippen molar-refractivity contribution in [3.63, 3.8) is 0 Å². The van der Waals surface area contributed by atoms with Gasteiger partial charge in [0.25, 0.3) is 0 Å². The molecule has 0 saturated heterocycles. The third kappa shape index (κ3) is 6.31. The standard InChI is InChI=1S/C18H28BrNO/c1-5-14(10-7-11-18(3,4)20)17(21)16(19)15-9-6-8-13(2)12-15/h5,9-10,13,16H,1,6-8,11-12,20H2,2-4H3/b14-10+. The maximum absolute atomic E-state index is 12.6. The van der Waals surface area contributed by atoms with Crippen LogP contribution in [0.25, 0.3) is 0 Å². The van der Waals surface area contributed by atoms with E-state index in [2.05, 4.69) is 35.5 Å². The second-order valence-electron chi connectivity index (χ2n) is 6.78. The van der Waals surface area contributed by atoms with Crippen LogP contribution in [0.4, 0.5) is 0 Å². The van der Waals surface area contributed by atoms with E-state index in [-0.39, 0.29) is 16.1 Å². The first-order valence-electron chi connectivity index (χ1n) is 7.73. The van der Waals surface area contributed by atoms with Gasteiger partial charge >= 0.3 is 0 Å². The molecule has 0 radical (unpaired) electrons. The van der Waals surface area contributed by atoms with Gasteiger partial charge in [0.15, 0.2) is 5.78 Å². The van der Waals surface area contributed by atoms with Gasteiger partial charge in [-0.2, -0.15) is 0 Å². The van der Waals surface area contributed by atoms with Gasteiger partial charge < -0.3 is 5.73 Å². The largest absolute Gasteiger partial charge is 0.326 e. The van der Waals surface area contributed by atoms with Gasteiger partial charge in [-0.1, -0.05) is 53.2 Å². The molecule has 0 heterocycles. The molecule has 0 bridgehead atoms. The highest BCUT2D eigenvalue weighted by Crippen LogP contribution is 2.30. The Labute approximate surface area is 137 Å². The summed E-state index contributed by atoms with van der Waals surface area (Å²) in [6, 6.07) is 0. The molecule has 0 aliphatic heterocycles. The second-order valence-corrected chi connectivity index (χ2v) is 7.70. The lowest BCUT2D eigenvalue weighted by Crippen LogP contribution is -2.31. The van der Waals surface area contributed by atoms with Gasteiger partial charge in [-0.15, -0.1) is 0 Å². The lowest BCUT2D eigenvalue weighted by atomic mass is 9.87. The van der Waals surface area contributed by atoms with E-state index in [0.717, 1.165) is 25.7 Å². The van der Waals surface area contributed by atoms with E-state index >= 15 is 0 Å². The topological polar surface area (TPSA) is 43.1 Å². The normalized spacial score (nSPS) is 21.7. The van der Waals surface area contributed by atoms with Crippen LogP contribution in [0.5, 0.6) is 0 Å². The fraction of sp³-hybridized carbons (Fsp3) is 0.611. The second kappa shape index (κ2) is 8.09. The molecule has 3 heteroatoms. The first-order valence-corrected chi connectivity index (χ1v) is 8.65. The SMILES string of the molecule is C=C/C(=C\CCC(C)(C)N)C(=O)C(Br)C1=CCCC(C)C1. The van der Waals surface area contributed by atoms with Crippen LogP contribution in [0.15, 0.2) is 36.0 Å². The summed E-state index contributed by atoms with van der Waals surface area (Å²) in [4.78, 5) is 12.4. The number of carbonyl (C=O) groups excluding carboxylic acids is 1. The molecule has 0 aromatic carbocycles. The quantitative estimate of drug-likeness (QED) is 0.312. The van der Waals surface area contributed by atoms with E-state index in [1.54, 1.807) is 6.08 Å². The number of carbonyl (C=O) groups is 1. The van der Waals surface area contributed by atoms with Crippen molar-refractivity contribution in [3.8, 4) is 0 Å². The predicted molar refractivity (Wildman–Crippen MR) is 94.6 cm³/mol. The molecule has 2 unspecified atom stereocenters. The van der Waals surface area contributed by atoms with Crippen molar-refractivity contribution < 1.29 is 4.79 Å². The zero-order valence-corrected chi connectivity index (χ0v) is 15.1. The molecule has 1 aliphatic carbocycles. The van der Waals surface area contributed by atoms with E-state index in [0.29, 0.717) is 11.5 Å². The summed E-state index contributed by atoms with van der Waals surface area (Å²) in [5, 5.41) is 0. The molecule has 0 spiro atoms. The van der Waals surface area contributed by atoms with E-state index in [4.69, 9.17) is 5.73 Å². The van der Waals surface area contributed by atoms with Crippen LogP contribution >= 0.6 is 15.9 Å². The van der Waals surface area contributed by atoms with Gasteiger partial charge in [-0.25, -0.2) is 0 Å². The van der Waals surface area contributed by atoms with Crippen LogP contribution in [-0.2, 0) is 4.79 Å². The van der Waals surface area contributed by atoms with Gasteiger partial charge in [0.05, 0.1) is 4.83 Å². The first-order chi connectivity index (χ1) is 9.74. The van der Waals surface area contributed by atoms with Gasteiger partial charge in [0, 0.05) is 11.1 Å². The summed E-state index contributed by atoms with van der Waals surface area (Å²) in [5.74, 6) is 0.771. The Hall–Kier alpha value is -0.670. The maximum atomic E-state index is 12.6. The molecule has 21 heavy (non-hydrogen) atoms. The third-order valence-corrected chi connectivity index (χ3v) is 4.87. The summed E-state index contributed by atoms with van der Waals surface area (Å²) < 4.78 is 0. The minimum Gasteiger partial charge on any atom is -0.326 e. The average molecular weight is 354 g/mol. The van der Waals surface area contributed by atoms with E-state index in [1.807, 2.05) is 19.9 Å². The molecular formula is C18H28BrNO. The lowest BCUT2D eigenvalue weighted by molar-refractivity contribution is -0.114. The Morgan fingerprint density at radius 1 is 1.62 bits per heavy atom. The Morgan fingerprint density at radius 2 is 2.29 bits per heavy atom. The van der Waals surface area contributed by atoms with Crippen LogP contribution < -0.4 is 5.73 Å². The summed E-state index contributed by atoms with van der Waals surface area (Å²) in [7, 11) is 0. The highest BCUT2D eigenvalue weighted by Gasteiger charge is 2.24. The Kier molecular flexibility index (Phi) is 7.08. The number of allylic oxidation sites excluding steroid dienone is 5. The number of nitrogens with two attached hydrogens (primary N) is 1. The molecule has 2 nitrogen and oxygen atoms in total. The van der Waals surface area contributed by atoms with Crippen molar-refractivity contribution in [1.29, 1.82) is 0 Å². The van der Waals surface area contributed by atoms with Crippen molar-refractivity contribution in [2.24, 2.45) is 11.7 Å². The summed E-state index contributed by atoms with van der Waals surface area (Å²) in [6.45, 7) is 10.0. The Morgan fingerprint density at radius 3 is 2.81 bits per heavy atom. The van der Waals surface area contributed by atoms with Gasteiger partial charge in [0.2, 0.25) is 0 Å². The summed E-state index contributed by atoms with van der Waals surface area (Å²) >= 11 is 3.57. The number of Topliss-reactive ketones (excluding diaryl/α,β-unsaturated/α-hetero) is 1. The molecule has 0 aromatic rings. The van der Waals surface area contributed by atoms with E-state index < -0.39 is 0 Å². The van der Waals surface area contributed by atoms with Crippen molar-refractivity contribution >= 4 is 21.7 Å². The van der Waals surface area contributed by atoms with Gasteiger partial charge in [-0.3, -0.25) is 4.79 Å². The lowest BCUT2D eigenvalue weighted by Gasteiger charge is -2.22. The zero-order chi connectivity index (χ0) is 16.0. The van der Waals surface area contributed by atoms with E-state index in [9.17, 15) is 4.79 Å². The molecule has 2 atom stereocenters. The van der Waals surface area contributed by atoms with Crippen LogP contribution in [-0.4, -0.2) is 16.1 Å². The van der Waals surface area contributed by atoms with Crippen LogP contribution in [0.2, 0.25) is 0 Å². The van der Waals surface area contributed by atoms with Gasteiger partial charge in [0.1, 0.15) is 0 Å². The minimum absolute atomic E-state index is 0.111. The van der Waals surface area contributed by atoms with Gasteiger partial charge in [-0.05, 0) is 51.9 Å². The molecule has 0 aromatic heterocycles. The number of halogens is 1. The van der Waals surface area contributed by atoms with E-state index in [1.165, 1.54) is 12.0 Å².